The molecule has 1 aromatic carbocycles. The Labute approximate surface area is 231 Å². The van der Waals surface area contributed by atoms with E-state index in [2.05, 4.69) is 97.3 Å². The van der Waals surface area contributed by atoms with Crippen molar-refractivity contribution in [3.63, 3.8) is 0 Å². The van der Waals surface area contributed by atoms with Crippen LogP contribution in [0.4, 0.5) is 5.69 Å². The Hall–Kier alpha value is -3.48. The zero-order valence-electron chi connectivity index (χ0n) is 24.3. The number of hydrogen-bond donors (Lipinski definition) is 0. The molecule has 0 unspecified atom stereocenters. The fourth-order valence-electron chi connectivity index (χ4n) is 6.16. The quantitative estimate of drug-likeness (QED) is 0.377. The van der Waals surface area contributed by atoms with Crippen LogP contribution in [-0.2, 0) is 18.4 Å². The van der Waals surface area contributed by atoms with Crippen molar-refractivity contribution in [2.24, 2.45) is 10.4 Å². The van der Waals surface area contributed by atoms with Gasteiger partial charge in [0, 0.05) is 42.7 Å². The summed E-state index contributed by atoms with van der Waals surface area (Å²) in [4.78, 5) is 5.39. The first-order valence-corrected chi connectivity index (χ1v) is 14.6. The van der Waals surface area contributed by atoms with Crippen molar-refractivity contribution in [2.75, 3.05) is 6.54 Å². The molecule has 1 aliphatic carbocycles. The minimum absolute atomic E-state index is 0.00537. The summed E-state index contributed by atoms with van der Waals surface area (Å²) < 4.78 is 6.34. The number of hydrogen-bond acceptors (Lipinski definition) is 2. The molecule has 7 nitrogen and oxygen atoms in total. The SMILES string of the molecule is CC(C)(C)C1=C/C(=[N+]2/C=C3CCCCN3[N-]2)C2=Nc3c(cc(C(C)(C)C)cc3-[n+]3cc4[n+]([n-]3)CCCC4)C2=C1. The number of aryl methyl sites for hydroxylation is 2. The van der Waals surface area contributed by atoms with Crippen molar-refractivity contribution in [3.8, 4) is 5.69 Å². The smallest absolute Gasteiger partial charge is 0.239 e. The Kier molecular flexibility index (Phi) is 5.36. The van der Waals surface area contributed by atoms with E-state index < -0.39 is 0 Å². The van der Waals surface area contributed by atoms with Gasteiger partial charge in [0.15, 0.2) is 6.20 Å². The lowest BCUT2D eigenvalue weighted by molar-refractivity contribution is -0.866. The third-order valence-corrected chi connectivity index (χ3v) is 8.64. The summed E-state index contributed by atoms with van der Waals surface area (Å²) >= 11 is 0. The molecule has 39 heavy (non-hydrogen) atoms. The van der Waals surface area contributed by atoms with Gasteiger partial charge in [-0.25, -0.2) is 14.4 Å². The van der Waals surface area contributed by atoms with Crippen LogP contribution in [0.25, 0.3) is 16.8 Å². The molecule has 0 spiro atoms. The number of allylic oxidation sites excluding steroid dienone is 5. The van der Waals surface area contributed by atoms with E-state index in [9.17, 15) is 0 Å². The second kappa shape index (κ2) is 8.51. The summed E-state index contributed by atoms with van der Waals surface area (Å²) in [5.41, 5.74) is 16.8. The average molecular weight is 523 g/mol. The molecule has 7 heteroatoms. The summed E-state index contributed by atoms with van der Waals surface area (Å²) in [5, 5.41) is 7.20. The number of aliphatic imine (C=N–C) groups is 1. The minimum Gasteiger partial charge on any atom is -0.396 e. The van der Waals surface area contributed by atoms with E-state index in [4.69, 9.17) is 15.7 Å². The molecule has 0 atom stereocenters. The van der Waals surface area contributed by atoms with Crippen LogP contribution in [0.2, 0.25) is 0 Å². The van der Waals surface area contributed by atoms with Gasteiger partial charge in [0.2, 0.25) is 23.3 Å². The van der Waals surface area contributed by atoms with Gasteiger partial charge in [0.1, 0.15) is 17.9 Å². The van der Waals surface area contributed by atoms with Crippen LogP contribution in [-0.4, -0.2) is 27.7 Å². The lowest BCUT2D eigenvalue weighted by Crippen LogP contribution is -2.50. The van der Waals surface area contributed by atoms with Crippen LogP contribution in [0.3, 0.4) is 0 Å². The second-order valence-corrected chi connectivity index (χ2v) is 13.7. The maximum atomic E-state index is 5.39. The van der Waals surface area contributed by atoms with Crippen LogP contribution in [0.1, 0.15) is 90.5 Å². The zero-order chi connectivity index (χ0) is 27.1. The van der Waals surface area contributed by atoms with E-state index in [1.54, 1.807) is 0 Å². The molecule has 0 radical (unpaired) electrons. The third-order valence-electron chi connectivity index (χ3n) is 8.64. The van der Waals surface area contributed by atoms with E-state index in [0.29, 0.717) is 0 Å². The first kappa shape index (κ1) is 24.6. The maximum Gasteiger partial charge on any atom is 0.239 e. The topological polar surface area (TPSA) is 54.6 Å². The number of fused-ring (bicyclic) bond motifs is 5. The Balaban J connectivity index is 1.45. The Morgan fingerprint density at radius 1 is 0.923 bits per heavy atom. The second-order valence-electron chi connectivity index (χ2n) is 13.7. The molecule has 0 amide bonds. The standard InChI is InChI=1S/C32H40N7/c1-31(2,3)21-15-25-26-16-22(32(4,5)6)18-28(39-20-24-12-8-10-14-37(24)35-39)30(26)33-29(25)27(17-21)38-19-23-11-7-9-13-36(23)34-38/h15-20H,7-14H2,1-6H3/q+1/b38-27+. The molecule has 0 N–H and O–H groups in total. The predicted octanol–water partition coefficient (Wildman–Crippen LogP) is 5.30. The van der Waals surface area contributed by atoms with Crippen LogP contribution >= 0.6 is 0 Å². The minimum atomic E-state index is -0.00537. The van der Waals surface area contributed by atoms with E-state index in [-0.39, 0.29) is 10.8 Å². The highest BCUT2D eigenvalue weighted by Crippen LogP contribution is 2.45. The maximum absolute atomic E-state index is 5.39. The number of nitrogens with zero attached hydrogens (tertiary/aromatic N) is 7. The van der Waals surface area contributed by atoms with Crippen molar-refractivity contribution >= 4 is 22.7 Å². The first-order chi connectivity index (χ1) is 18.6. The fraction of sp³-hybridized carbons (Fsp3) is 0.500. The van der Waals surface area contributed by atoms with Gasteiger partial charge >= 0.3 is 0 Å². The molecule has 0 bridgehead atoms. The van der Waals surface area contributed by atoms with Crippen molar-refractivity contribution in [3.05, 3.63) is 70.3 Å². The van der Waals surface area contributed by atoms with Crippen molar-refractivity contribution in [1.29, 1.82) is 0 Å². The first-order valence-electron chi connectivity index (χ1n) is 14.6. The largest absolute Gasteiger partial charge is 0.396 e. The van der Waals surface area contributed by atoms with E-state index in [1.807, 2.05) is 0 Å². The van der Waals surface area contributed by atoms with Gasteiger partial charge in [-0.2, -0.15) is 9.90 Å². The highest BCUT2D eigenvalue weighted by atomic mass is 15.7. The Morgan fingerprint density at radius 3 is 2.49 bits per heavy atom. The molecule has 5 aliphatic rings. The highest BCUT2D eigenvalue weighted by Gasteiger charge is 2.39. The molecule has 2 aromatic rings. The number of aromatic nitrogens is 3. The van der Waals surface area contributed by atoms with E-state index in [0.717, 1.165) is 48.7 Å². The van der Waals surface area contributed by atoms with Crippen molar-refractivity contribution in [2.45, 2.75) is 92.0 Å². The zero-order valence-corrected chi connectivity index (χ0v) is 24.3. The molecule has 202 valence electrons. The summed E-state index contributed by atoms with van der Waals surface area (Å²) in [6.45, 7) is 15.7. The molecule has 5 heterocycles. The van der Waals surface area contributed by atoms with Gasteiger partial charge in [-0.15, -0.1) is 0 Å². The lowest BCUT2D eigenvalue weighted by Gasteiger charge is -2.32. The Bertz CT molecular complexity index is 1520. The van der Waals surface area contributed by atoms with Crippen LogP contribution in [0.15, 0.2) is 52.9 Å². The monoisotopic (exact) mass is 522 g/mol. The molecule has 0 saturated carbocycles. The molecule has 4 aliphatic heterocycles. The van der Waals surface area contributed by atoms with Gasteiger partial charge in [-0.05, 0) is 59.8 Å². The van der Waals surface area contributed by atoms with Gasteiger partial charge in [0.05, 0.1) is 5.70 Å². The predicted molar refractivity (Wildman–Crippen MR) is 153 cm³/mol. The molecule has 1 aromatic heterocycles. The van der Waals surface area contributed by atoms with Crippen LogP contribution < -0.4 is 14.6 Å². The molecular weight excluding hydrogens is 482 g/mol. The van der Waals surface area contributed by atoms with Gasteiger partial charge in [0.25, 0.3) is 0 Å². The summed E-state index contributed by atoms with van der Waals surface area (Å²) in [7, 11) is 0. The average Bonchev–Trinajstić information content (AvgIpc) is 3.60. The van der Waals surface area contributed by atoms with Crippen LogP contribution in [0.5, 0.6) is 0 Å². The van der Waals surface area contributed by atoms with Gasteiger partial charge in [-0.1, -0.05) is 41.5 Å². The van der Waals surface area contributed by atoms with Crippen molar-refractivity contribution < 1.29 is 14.0 Å². The highest BCUT2D eigenvalue weighted by molar-refractivity contribution is 6.62. The third kappa shape index (κ3) is 4.09. The molecule has 1 saturated heterocycles. The summed E-state index contributed by atoms with van der Waals surface area (Å²) in [5.74, 6) is 0. The molecular formula is C32H40N7+. The molecule has 1 fully saturated rings. The molecule has 7 rings (SSSR count). The number of benzene rings is 1. The van der Waals surface area contributed by atoms with Crippen LogP contribution in [0, 0.1) is 5.41 Å². The van der Waals surface area contributed by atoms with Crippen molar-refractivity contribution in [1.82, 2.24) is 10.2 Å². The summed E-state index contributed by atoms with van der Waals surface area (Å²) in [6.07, 6.45) is 16.1. The van der Waals surface area contributed by atoms with E-state index in [1.165, 1.54) is 59.3 Å². The lowest BCUT2D eigenvalue weighted by atomic mass is 9.79. The van der Waals surface area contributed by atoms with Gasteiger partial charge in [-0.3, -0.25) is 0 Å². The Morgan fingerprint density at radius 2 is 1.74 bits per heavy atom. The normalized spacial score (nSPS) is 22.3. The number of rotatable bonds is 1. The summed E-state index contributed by atoms with van der Waals surface area (Å²) in [6, 6.07) is 4.67. The number of piperidine rings is 1. The van der Waals surface area contributed by atoms with E-state index >= 15 is 0 Å². The fourth-order valence-corrected chi connectivity index (χ4v) is 6.16. The van der Waals surface area contributed by atoms with Gasteiger partial charge < -0.3 is 10.5 Å².